The molecule has 0 spiro atoms. The van der Waals surface area contributed by atoms with Gasteiger partial charge >= 0.3 is 0 Å². The number of aliphatic hydroxyl groups is 1. The minimum Gasteiger partial charge on any atom is -0.384 e. The number of hydrogen-bond acceptors (Lipinski definition) is 5. The molecule has 1 aromatic rings. The molecule has 6 nitrogen and oxygen atoms in total. The van der Waals surface area contributed by atoms with E-state index in [1.807, 2.05) is 6.92 Å². The van der Waals surface area contributed by atoms with Gasteiger partial charge in [0.05, 0.1) is 15.5 Å². The Morgan fingerprint density at radius 3 is 2.80 bits per heavy atom. The molecule has 0 saturated heterocycles. The van der Waals surface area contributed by atoms with Crippen LogP contribution in [0.3, 0.4) is 0 Å². The Hall–Kier alpha value is -1.40. The second kappa shape index (κ2) is 7.40. The minimum atomic E-state index is -3.32. The van der Waals surface area contributed by atoms with Gasteiger partial charge in [-0.25, -0.2) is 13.1 Å². The van der Waals surface area contributed by atoms with Crippen LogP contribution in [0.4, 0.5) is 0 Å². The summed E-state index contributed by atoms with van der Waals surface area (Å²) in [6.45, 7) is 1.62. The number of carbonyl (C=O) groups is 1. The molecule has 0 bridgehead atoms. The molecule has 1 heterocycles. The van der Waals surface area contributed by atoms with E-state index in [0.717, 1.165) is 5.56 Å². The maximum absolute atomic E-state index is 11.8. The third-order valence-electron chi connectivity index (χ3n) is 2.39. The van der Waals surface area contributed by atoms with Crippen LogP contribution in [0, 0.1) is 18.8 Å². The lowest BCUT2D eigenvalue weighted by atomic mass is 10.2. The Balaban J connectivity index is 2.65. The Morgan fingerprint density at radius 1 is 1.50 bits per heavy atom. The fraction of sp³-hybridized carbons (Fsp3) is 0.417. The normalized spacial score (nSPS) is 10.8. The van der Waals surface area contributed by atoms with Gasteiger partial charge in [-0.2, -0.15) is 0 Å². The van der Waals surface area contributed by atoms with Crippen molar-refractivity contribution in [3.05, 3.63) is 21.4 Å². The zero-order valence-electron chi connectivity index (χ0n) is 11.2. The Morgan fingerprint density at radius 2 is 2.20 bits per heavy atom. The molecular formula is C12H16N2O4S2. The molecule has 1 rings (SSSR count). The zero-order chi connectivity index (χ0) is 15.2. The molecule has 0 aromatic carbocycles. The van der Waals surface area contributed by atoms with Gasteiger partial charge in [-0.3, -0.25) is 4.79 Å². The summed E-state index contributed by atoms with van der Waals surface area (Å²) < 4.78 is 24.6. The van der Waals surface area contributed by atoms with Gasteiger partial charge in [0.25, 0.3) is 5.91 Å². The first-order valence-electron chi connectivity index (χ1n) is 5.79. The van der Waals surface area contributed by atoms with Crippen LogP contribution in [0.25, 0.3) is 0 Å². The minimum absolute atomic E-state index is 0.0383. The smallest absolute Gasteiger partial charge is 0.261 e. The highest BCUT2D eigenvalue weighted by molar-refractivity contribution is 7.89. The molecule has 0 saturated carbocycles. The van der Waals surface area contributed by atoms with Crippen LogP contribution in [0.2, 0.25) is 0 Å². The maximum atomic E-state index is 11.8. The molecule has 20 heavy (non-hydrogen) atoms. The SMILES string of the molecule is CNS(=O)(=O)CCNC(=O)c1cc(C)c(C#CCO)s1. The van der Waals surface area contributed by atoms with Crippen molar-refractivity contribution in [2.45, 2.75) is 6.92 Å². The predicted octanol–water partition coefficient (Wildman–Crippen LogP) is -0.321. The van der Waals surface area contributed by atoms with Crippen LogP contribution in [0.15, 0.2) is 6.07 Å². The lowest BCUT2D eigenvalue weighted by Crippen LogP contribution is -2.32. The summed E-state index contributed by atoms with van der Waals surface area (Å²) in [5, 5.41) is 11.2. The Labute approximate surface area is 122 Å². The highest BCUT2D eigenvalue weighted by Crippen LogP contribution is 2.20. The van der Waals surface area contributed by atoms with E-state index < -0.39 is 10.0 Å². The quantitative estimate of drug-likeness (QED) is 0.649. The summed E-state index contributed by atoms with van der Waals surface area (Å²) in [4.78, 5) is 13.0. The molecule has 1 amide bonds. The van der Waals surface area contributed by atoms with Crippen molar-refractivity contribution in [2.24, 2.45) is 0 Å². The summed E-state index contributed by atoms with van der Waals surface area (Å²) in [7, 11) is -2.00. The fourth-order valence-electron chi connectivity index (χ4n) is 1.33. The highest BCUT2D eigenvalue weighted by Gasteiger charge is 2.13. The van der Waals surface area contributed by atoms with Crippen LogP contribution < -0.4 is 10.0 Å². The van der Waals surface area contributed by atoms with Gasteiger partial charge in [0.1, 0.15) is 6.61 Å². The van der Waals surface area contributed by atoms with Crippen molar-refractivity contribution in [1.29, 1.82) is 0 Å². The van der Waals surface area contributed by atoms with E-state index in [0.29, 0.717) is 9.75 Å². The van der Waals surface area contributed by atoms with Gasteiger partial charge in [0.2, 0.25) is 10.0 Å². The predicted molar refractivity (Wildman–Crippen MR) is 78.2 cm³/mol. The lowest BCUT2D eigenvalue weighted by Gasteiger charge is -2.03. The van der Waals surface area contributed by atoms with Gasteiger partial charge in [0, 0.05) is 6.54 Å². The van der Waals surface area contributed by atoms with Gasteiger partial charge in [-0.15, -0.1) is 11.3 Å². The number of aliphatic hydroxyl groups excluding tert-OH is 1. The van der Waals surface area contributed by atoms with Gasteiger partial charge < -0.3 is 10.4 Å². The molecule has 0 fully saturated rings. The topological polar surface area (TPSA) is 95.5 Å². The monoisotopic (exact) mass is 316 g/mol. The molecule has 0 aliphatic carbocycles. The van der Waals surface area contributed by atoms with Crippen molar-refractivity contribution in [1.82, 2.24) is 10.0 Å². The number of sulfonamides is 1. The second-order valence-electron chi connectivity index (χ2n) is 3.86. The number of aryl methyl sites for hydroxylation is 1. The second-order valence-corrected chi connectivity index (χ2v) is 6.96. The third-order valence-corrected chi connectivity index (χ3v) is 4.90. The maximum Gasteiger partial charge on any atom is 0.261 e. The molecular weight excluding hydrogens is 300 g/mol. The van der Waals surface area contributed by atoms with Crippen molar-refractivity contribution in [2.75, 3.05) is 26.0 Å². The average molecular weight is 316 g/mol. The van der Waals surface area contributed by atoms with E-state index in [2.05, 4.69) is 21.9 Å². The lowest BCUT2D eigenvalue weighted by molar-refractivity contribution is 0.0960. The number of rotatable bonds is 5. The van der Waals surface area contributed by atoms with Crippen molar-refractivity contribution in [3.8, 4) is 11.8 Å². The summed E-state index contributed by atoms with van der Waals surface area (Å²) in [6.07, 6.45) is 0. The van der Waals surface area contributed by atoms with Gasteiger partial charge in [-0.1, -0.05) is 11.8 Å². The van der Waals surface area contributed by atoms with Crippen molar-refractivity contribution >= 4 is 27.3 Å². The highest BCUT2D eigenvalue weighted by atomic mass is 32.2. The molecule has 3 N–H and O–H groups in total. The van der Waals surface area contributed by atoms with Crippen LogP contribution in [0.5, 0.6) is 0 Å². The molecule has 0 aliphatic rings. The number of carbonyl (C=O) groups excluding carboxylic acids is 1. The van der Waals surface area contributed by atoms with Gasteiger partial charge in [0.15, 0.2) is 0 Å². The first-order chi connectivity index (χ1) is 9.39. The summed E-state index contributed by atoms with van der Waals surface area (Å²) in [5.74, 6) is 4.78. The molecule has 110 valence electrons. The summed E-state index contributed by atoms with van der Waals surface area (Å²) in [5.41, 5.74) is 0.851. The van der Waals surface area contributed by atoms with Crippen LogP contribution in [-0.4, -0.2) is 45.4 Å². The van der Waals surface area contributed by atoms with E-state index in [1.165, 1.54) is 18.4 Å². The van der Waals surface area contributed by atoms with E-state index in [-0.39, 0.29) is 24.8 Å². The van der Waals surface area contributed by atoms with Crippen molar-refractivity contribution < 1.29 is 18.3 Å². The Bertz CT molecular complexity index is 638. The van der Waals surface area contributed by atoms with E-state index >= 15 is 0 Å². The largest absolute Gasteiger partial charge is 0.384 e. The molecule has 8 heteroatoms. The zero-order valence-corrected chi connectivity index (χ0v) is 12.8. The van der Waals surface area contributed by atoms with Crippen LogP contribution >= 0.6 is 11.3 Å². The molecule has 0 unspecified atom stereocenters. The molecule has 1 aromatic heterocycles. The van der Waals surface area contributed by atoms with E-state index in [9.17, 15) is 13.2 Å². The molecule has 0 atom stereocenters. The first kappa shape index (κ1) is 16.7. The number of thiophene rings is 1. The molecule has 0 radical (unpaired) electrons. The standard InChI is InChI=1S/C12H16N2O4S2/c1-9-8-11(19-10(9)4-3-6-15)12(16)14-5-7-20(17,18)13-2/h8,13,15H,5-7H2,1-2H3,(H,14,16). The number of nitrogens with one attached hydrogen (secondary N) is 2. The summed E-state index contributed by atoms with van der Waals surface area (Å²) >= 11 is 1.21. The Kier molecular flexibility index (Phi) is 6.16. The fourth-order valence-corrected chi connectivity index (χ4v) is 2.86. The van der Waals surface area contributed by atoms with Crippen molar-refractivity contribution in [3.63, 3.8) is 0 Å². The third kappa shape index (κ3) is 4.94. The van der Waals surface area contributed by atoms with Crippen LogP contribution in [-0.2, 0) is 10.0 Å². The molecule has 0 aliphatic heterocycles. The number of hydrogen-bond donors (Lipinski definition) is 3. The summed E-state index contributed by atoms with van der Waals surface area (Å²) in [6, 6.07) is 1.69. The van der Waals surface area contributed by atoms with E-state index in [1.54, 1.807) is 6.07 Å². The van der Waals surface area contributed by atoms with Crippen LogP contribution in [0.1, 0.15) is 20.1 Å². The first-order valence-corrected chi connectivity index (χ1v) is 8.26. The van der Waals surface area contributed by atoms with Gasteiger partial charge in [-0.05, 0) is 25.6 Å². The number of amides is 1. The van der Waals surface area contributed by atoms with E-state index in [4.69, 9.17) is 5.11 Å². The average Bonchev–Trinajstić information content (AvgIpc) is 2.77.